The van der Waals surface area contributed by atoms with Crippen molar-refractivity contribution >= 4 is 11.7 Å². The maximum Gasteiger partial charge on any atom is 0.342 e. The van der Waals surface area contributed by atoms with Crippen molar-refractivity contribution in [3.63, 3.8) is 0 Å². The SMILES string of the molecule is CCCc1c(CC)cc(-c2ccccc2[N+](=O)[O-])c(C(=O)OCC)c1O. The smallest absolute Gasteiger partial charge is 0.342 e. The van der Waals surface area contributed by atoms with E-state index in [1.54, 1.807) is 31.2 Å². The summed E-state index contributed by atoms with van der Waals surface area (Å²) in [5.41, 5.74) is 2.04. The zero-order valence-corrected chi connectivity index (χ0v) is 15.2. The average Bonchev–Trinajstić information content (AvgIpc) is 2.63. The molecule has 0 saturated carbocycles. The van der Waals surface area contributed by atoms with Gasteiger partial charge in [-0.15, -0.1) is 0 Å². The maximum atomic E-state index is 12.5. The zero-order chi connectivity index (χ0) is 19.3. The molecule has 138 valence electrons. The van der Waals surface area contributed by atoms with E-state index in [9.17, 15) is 20.0 Å². The number of ether oxygens (including phenoxy) is 1. The molecule has 0 atom stereocenters. The van der Waals surface area contributed by atoms with Gasteiger partial charge in [0.25, 0.3) is 5.69 Å². The minimum absolute atomic E-state index is 0.0122. The van der Waals surface area contributed by atoms with Crippen LogP contribution in [0.4, 0.5) is 5.69 Å². The molecule has 6 heteroatoms. The Morgan fingerprint density at radius 2 is 1.88 bits per heavy atom. The van der Waals surface area contributed by atoms with Crippen molar-refractivity contribution in [2.24, 2.45) is 0 Å². The number of phenolic OH excluding ortho intramolecular Hbond substituents is 1. The number of nitrogens with zero attached hydrogens (tertiary/aromatic N) is 1. The number of phenols is 1. The highest BCUT2D eigenvalue weighted by atomic mass is 16.6. The molecule has 0 heterocycles. The lowest BCUT2D eigenvalue weighted by atomic mass is 9.89. The molecule has 26 heavy (non-hydrogen) atoms. The third kappa shape index (κ3) is 3.69. The standard InChI is InChI=1S/C20H23NO5/c1-4-9-14-13(5-2)12-16(18(19(14)22)20(23)26-6-3)15-10-7-8-11-17(15)21(24)25/h7-8,10-12,22H,4-6,9H2,1-3H3. The van der Waals surface area contributed by atoms with E-state index in [4.69, 9.17) is 4.74 Å². The lowest BCUT2D eigenvalue weighted by Crippen LogP contribution is -2.10. The predicted octanol–water partition coefficient (Wildman–Crippen LogP) is 4.66. The van der Waals surface area contributed by atoms with Crippen LogP contribution >= 0.6 is 0 Å². The van der Waals surface area contributed by atoms with Crippen LogP contribution in [0, 0.1) is 10.1 Å². The second-order valence-electron chi connectivity index (χ2n) is 5.88. The number of hydrogen-bond donors (Lipinski definition) is 1. The van der Waals surface area contributed by atoms with Crippen molar-refractivity contribution < 1.29 is 19.6 Å². The van der Waals surface area contributed by atoms with Gasteiger partial charge in [-0.1, -0.05) is 32.4 Å². The third-order valence-electron chi connectivity index (χ3n) is 4.25. The van der Waals surface area contributed by atoms with Gasteiger partial charge in [0.05, 0.1) is 17.1 Å². The molecule has 0 aliphatic rings. The minimum Gasteiger partial charge on any atom is -0.507 e. The Morgan fingerprint density at radius 1 is 1.19 bits per heavy atom. The average molecular weight is 357 g/mol. The fourth-order valence-corrected chi connectivity index (χ4v) is 3.09. The topological polar surface area (TPSA) is 89.7 Å². The van der Waals surface area contributed by atoms with E-state index in [2.05, 4.69) is 0 Å². The molecule has 0 amide bonds. The Labute approximate surface area is 152 Å². The van der Waals surface area contributed by atoms with E-state index in [0.717, 1.165) is 12.0 Å². The van der Waals surface area contributed by atoms with E-state index < -0.39 is 10.9 Å². The molecule has 0 radical (unpaired) electrons. The Morgan fingerprint density at radius 3 is 2.46 bits per heavy atom. The first kappa shape index (κ1) is 19.4. The van der Waals surface area contributed by atoms with Crippen molar-refractivity contribution in [3.05, 3.63) is 57.1 Å². The highest BCUT2D eigenvalue weighted by molar-refractivity contribution is 6.02. The van der Waals surface area contributed by atoms with Crippen LogP contribution in [-0.2, 0) is 17.6 Å². The maximum absolute atomic E-state index is 12.5. The van der Waals surface area contributed by atoms with E-state index in [0.29, 0.717) is 24.0 Å². The molecular weight excluding hydrogens is 334 g/mol. The highest BCUT2D eigenvalue weighted by Crippen LogP contribution is 2.40. The molecule has 0 saturated heterocycles. The summed E-state index contributed by atoms with van der Waals surface area (Å²) in [4.78, 5) is 23.5. The van der Waals surface area contributed by atoms with Gasteiger partial charge in [-0.05, 0) is 43.0 Å². The quantitative estimate of drug-likeness (QED) is 0.442. The van der Waals surface area contributed by atoms with Crippen LogP contribution in [0.15, 0.2) is 30.3 Å². The second kappa shape index (κ2) is 8.47. The van der Waals surface area contributed by atoms with Crippen LogP contribution in [0.2, 0.25) is 0 Å². The summed E-state index contributed by atoms with van der Waals surface area (Å²) < 4.78 is 5.11. The normalized spacial score (nSPS) is 10.6. The molecule has 2 aromatic rings. The Hall–Kier alpha value is -2.89. The Balaban J connectivity index is 2.86. The molecular formula is C20H23NO5. The fraction of sp³-hybridized carbons (Fsp3) is 0.350. The molecule has 0 aliphatic carbocycles. The van der Waals surface area contributed by atoms with Gasteiger partial charge in [0.1, 0.15) is 11.3 Å². The highest BCUT2D eigenvalue weighted by Gasteiger charge is 2.27. The molecule has 0 bridgehead atoms. The van der Waals surface area contributed by atoms with Crippen LogP contribution in [0.5, 0.6) is 5.75 Å². The number of esters is 1. The van der Waals surface area contributed by atoms with Gasteiger partial charge in [-0.2, -0.15) is 0 Å². The van der Waals surface area contributed by atoms with Crippen LogP contribution < -0.4 is 0 Å². The number of hydrogen-bond acceptors (Lipinski definition) is 5. The summed E-state index contributed by atoms with van der Waals surface area (Å²) in [7, 11) is 0. The summed E-state index contributed by atoms with van der Waals surface area (Å²) in [5, 5.41) is 22.3. The lowest BCUT2D eigenvalue weighted by Gasteiger charge is -2.18. The lowest BCUT2D eigenvalue weighted by molar-refractivity contribution is -0.384. The van der Waals surface area contributed by atoms with Gasteiger partial charge in [0, 0.05) is 11.6 Å². The Kier molecular flexibility index (Phi) is 6.33. The van der Waals surface area contributed by atoms with Gasteiger partial charge in [0.15, 0.2) is 0 Å². The third-order valence-corrected chi connectivity index (χ3v) is 4.25. The molecule has 2 rings (SSSR count). The number of aromatic hydroxyl groups is 1. The largest absolute Gasteiger partial charge is 0.507 e. The monoisotopic (exact) mass is 357 g/mol. The van der Waals surface area contributed by atoms with Crippen molar-refractivity contribution in [2.45, 2.75) is 40.0 Å². The first-order chi connectivity index (χ1) is 12.5. The van der Waals surface area contributed by atoms with Gasteiger partial charge < -0.3 is 9.84 Å². The van der Waals surface area contributed by atoms with E-state index in [1.165, 1.54) is 6.07 Å². The number of carbonyl (C=O) groups excluding carboxylic acids is 1. The summed E-state index contributed by atoms with van der Waals surface area (Å²) in [6, 6.07) is 7.96. The van der Waals surface area contributed by atoms with Crippen molar-refractivity contribution in [1.82, 2.24) is 0 Å². The molecule has 0 unspecified atom stereocenters. The molecule has 0 fully saturated rings. The van der Waals surface area contributed by atoms with Crippen LogP contribution in [0.25, 0.3) is 11.1 Å². The summed E-state index contributed by atoms with van der Waals surface area (Å²) in [6.07, 6.45) is 2.05. The number of benzene rings is 2. The first-order valence-electron chi connectivity index (χ1n) is 8.74. The van der Waals surface area contributed by atoms with Gasteiger partial charge in [-0.25, -0.2) is 4.79 Å². The van der Waals surface area contributed by atoms with E-state index in [-0.39, 0.29) is 29.2 Å². The number of nitro groups is 1. The van der Waals surface area contributed by atoms with Crippen LogP contribution in [0.1, 0.15) is 48.7 Å². The van der Waals surface area contributed by atoms with Gasteiger partial charge in [-0.3, -0.25) is 10.1 Å². The fourth-order valence-electron chi connectivity index (χ4n) is 3.09. The van der Waals surface area contributed by atoms with Crippen molar-refractivity contribution in [3.8, 4) is 16.9 Å². The van der Waals surface area contributed by atoms with Gasteiger partial charge >= 0.3 is 5.97 Å². The van der Waals surface area contributed by atoms with Gasteiger partial charge in [0.2, 0.25) is 0 Å². The molecule has 0 aromatic heterocycles. The number of rotatable bonds is 7. The second-order valence-corrected chi connectivity index (χ2v) is 5.88. The summed E-state index contributed by atoms with van der Waals surface area (Å²) in [6.45, 7) is 5.75. The van der Waals surface area contributed by atoms with Crippen molar-refractivity contribution in [2.75, 3.05) is 6.61 Å². The predicted molar refractivity (Wildman–Crippen MR) is 99.5 cm³/mol. The van der Waals surface area contributed by atoms with E-state index >= 15 is 0 Å². The van der Waals surface area contributed by atoms with Crippen LogP contribution in [0.3, 0.4) is 0 Å². The Bertz CT molecular complexity index is 829. The number of carbonyl (C=O) groups is 1. The number of aryl methyl sites for hydroxylation is 1. The molecule has 1 N–H and O–H groups in total. The summed E-state index contributed by atoms with van der Waals surface area (Å²) in [5.74, 6) is -0.823. The number of para-hydroxylation sites is 1. The first-order valence-corrected chi connectivity index (χ1v) is 8.74. The molecule has 0 spiro atoms. The zero-order valence-electron chi connectivity index (χ0n) is 15.2. The molecule has 2 aromatic carbocycles. The number of nitro benzene ring substituents is 1. The minimum atomic E-state index is -0.682. The van der Waals surface area contributed by atoms with Crippen molar-refractivity contribution in [1.29, 1.82) is 0 Å². The molecule has 0 aliphatic heterocycles. The molecule has 6 nitrogen and oxygen atoms in total. The van der Waals surface area contributed by atoms with E-state index in [1.807, 2.05) is 13.8 Å². The van der Waals surface area contributed by atoms with Crippen LogP contribution in [-0.4, -0.2) is 22.6 Å². The summed E-state index contributed by atoms with van der Waals surface area (Å²) >= 11 is 0.